The van der Waals surface area contributed by atoms with Gasteiger partial charge in [0.2, 0.25) is 0 Å². The normalized spacial score (nSPS) is 22.0. The third-order valence-corrected chi connectivity index (χ3v) is 3.35. The predicted molar refractivity (Wildman–Crippen MR) is 64.7 cm³/mol. The van der Waals surface area contributed by atoms with Crippen LogP contribution in [-0.4, -0.2) is 18.3 Å². The first kappa shape index (κ1) is 13.3. The average molecular weight is 256 g/mol. The number of benzene rings is 1. The Bertz CT molecular complexity index is 397. The molecule has 1 aromatic rings. The first-order valence-corrected chi connectivity index (χ1v) is 6.40. The Labute approximate surface area is 106 Å². The van der Waals surface area contributed by atoms with Crippen molar-refractivity contribution in [1.82, 2.24) is 0 Å². The quantitative estimate of drug-likeness (QED) is 0.792. The van der Waals surface area contributed by atoms with Crippen molar-refractivity contribution < 1.29 is 18.6 Å². The van der Waals surface area contributed by atoms with Gasteiger partial charge in [-0.3, -0.25) is 0 Å². The minimum atomic E-state index is -0.648. The SMILES string of the molecule is CCCCOc1c(F)cc(C2CC2CO)cc1F. The predicted octanol–water partition coefficient (Wildman–Crippen LogP) is 3.24. The van der Waals surface area contributed by atoms with E-state index in [9.17, 15) is 8.78 Å². The van der Waals surface area contributed by atoms with Crippen molar-refractivity contribution >= 4 is 0 Å². The summed E-state index contributed by atoms with van der Waals surface area (Å²) >= 11 is 0. The highest BCUT2D eigenvalue weighted by atomic mass is 19.1. The molecule has 2 unspecified atom stereocenters. The number of ether oxygens (including phenoxy) is 1. The van der Waals surface area contributed by atoms with E-state index in [1.165, 1.54) is 12.1 Å². The lowest BCUT2D eigenvalue weighted by molar-refractivity contribution is 0.273. The smallest absolute Gasteiger partial charge is 0.190 e. The molecule has 1 fully saturated rings. The second kappa shape index (κ2) is 5.65. The molecule has 1 aromatic carbocycles. The summed E-state index contributed by atoms with van der Waals surface area (Å²) in [6, 6.07) is 2.65. The van der Waals surface area contributed by atoms with Crippen molar-refractivity contribution in [3.8, 4) is 5.75 Å². The van der Waals surface area contributed by atoms with Crippen molar-refractivity contribution in [3.63, 3.8) is 0 Å². The average Bonchev–Trinajstić information content (AvgIpc) is 3.12. The van der Waals surface area contributed by atoms with Gasteiger partial charge in [0.1, 0.15) is 0 Å². The van der Waals surface area contributed by atoms with Crippen LogP contribution in [0.3, 0.4) is 0 Å². The van der Waals surface area contributed by atoms with Crippen molar-refractivity contribution in [1.29, 1.82) is 0 Å². The van der Waals surface area contributed by atoms with Gasteiger partial charge in [-0.2, -0.15) is 0 Å². The number of halogens is 2. The van der Waals surface area contributed by atoms with E-state index < -0.39 is 11.6 Å². The molecule has 0 saturated heterocycles. The van der Waals surface area contributed by atoms with Gasteiger partial charge >= 0.3 is 0 Å². The monoisotopic (exact) mass is 256 g/mol. The van der Waals surface area contributed by atoms with Crippen molar-refractivity contribution in [2.45, 2.75) is 32.1 Å². The largest absolute Gasteiger partial charge is 0.488 e. The second-order valence-electron chi connectivity index (χ2n) is 4.80. The highest BCUT2D eigenvalue weighted by Crippen LogP contribution is 2.47. The highest BCUT2D eigenvalue weighted by Gasteiger charge is 2.38. The van der Waals surface area contributed by atoms with Crippen LogP contribution < -0.4 is 4.74 Å². The molecule has 1 N–H and O–H groups in total. The van der Waals surface area contributed by atoms with Crippen LogP contribution in [0.25, 0.3) is 0 Å². The number of rotatable bonds is 6. The van der Waals surface area contributed by atoms with Gasteiger partial charge < -0.3 is 9.84 Å². The van der Waals surface area contributed by atoms with Gasteiger partial charge in [-0.25, -0.2) is 8.78 Å². The fourth-order valence-electron chi connectivity index (χ4n) is 2.11. The molecule has 0 heterocycles. The molecule has 100 valence electrons. The number of aliphatic hydroxyl groups excluding tert-OH is 1. The Morgan fingerprint density at radius 3 is 2.50 bits per heavy atom. The second-order valence-corrected chi connectivity index (χ2v) is 4.80. The van der Waals surface area contributed by atoms with Gasteiger partial charge in [0, 0.05) is 6.61 Å². The van der Waals surface area contributed by atoms with Crippen molar-refractivity contribution in [3.05, 3.63) is 29.3 Å². The summed E-state index contributed by atoms with van der Waals surface area (Å²) in [7, 11) is 0. The first-order chi connectivity index (χ1) is 8.67. The molecule has 0 amide bonds. The Morgan fingerprint density at radius 2 is 2.00 bits per heavy atom. The molecule has 1 saturated carbocycles. The van der Waals surface area contributed by atoms with Crippen LogP contribution in [0.4, 0.5) is 8.78 Å². The zero-order chi connectivity index (χ0) is 13.1. The number of aliphatic hydroxyl groups is 1. The Kier molecular flexibility index (Phi) is 4.17. The maximum Gasteiger partial charge on any atom is 0.190 e. The summed E-state index contributed by atoms with van der Waals surface area (Å²) in [5, 5.41) is 8.96. The third-order valence-electron chi connectivity index (χ3n) is 3.35. The Hall–Kier alpha value is -1.16. The van der Waals surface area contributed by atoms with E-state index in [0.29, 0.717) is 12.2 Å². The maximum absolute atomic E-state index is 13.7. The van der Waals surface area contributed by atoms with Crippen molar-refractivity contribution in [2.75, 3.05) is 13.2 Å². The molecule has 1 aliphatic rings. The summed E-state index contributed by atoms with van der Waals surface area (Å²) in [5.41, 5.74) is 0.617. The Balaban J connectivity index is 2.09. The van der Waals surface area contributed by atoms with E-state index in [1.54, 1.807) is 0 Å². The zero-order valence-corrected chi connectivity index (χ0v) is 10.5. The zero-order valence-electron chi connectivity index (χ0n) is 10.5. The molecule has 0 radical (unpaired) electrons. The van der Waals surface area contributed by atoms with Gasteiger partial charge in [0.25, 0.3) is 0 Å². The third kappa shape index (κ3) is 2.80. The van der Waals surface area contributed by atoms with Gasteiger partial charge in [0.05, 0.1) is 6.61 Å². The van der Waals surface area contributed by atoms with E-state index in [1.807, 2.05) is 6.92 Å². The van der Waals surface area contributed by atoms with E-state index in [-0.39, 0.29) is 24.2 Å². The molecule has 2 nitrogen and oxygen atoms in total. The molecule has 18 heavy (non-hydrogen) atoms. The van der Waals surface area contributed by atoms with Crippen LogP contribution in [0.1, 0.15) is 37.7 Å². The number of hydrogen-bond donors (Lipinski definition) is 1. The van der Waals surface area contributed by atoms with Crippen LogP contribution in [0.15, 0.2) is 12.1 Å². The van der Waals surface area contributed by atoms with Gasteiger partial charge in [-0.05, 0) is 42.4 Å². The maximum atomic E-state index is 13.7. The number of unbranched alkanes of at least 4 members (excludes halogenated alkanes) is 1. The number of hydrogen-bond acceptors (Lipinski definition) is 2. The summed E-state index contributed by atoms with van der Waals surface area (Å²) < 4.78 is 32.6. The molecule has 4 heteroatoms. The standard InChI is InChI=1S/C14H18F2O2/c1-2-3-4-18-14-12(15)6-9(7-13(14)16)11-5-10(11)8-17/h6-7,10-11,17H,2-5,8H2,1H3. The van der Waals surface area contributed by atoms with E-state index >= 15 is 0 Å². The lowest BCUT2D eigenvalue weighted by atomic mass is 10.1. The fraction of sp³-hybridized carbons (Fsp3) is 0.571. The molecule has 2 atom stereocenters. The first-order valence-electron chi connectivity index (χ1n) is 6.40. The molecule has 0 aliphatic heterocycles. The minimum Gasteiger partial charge on any atom is -0.488 e. The van der Waals surface area contributed by atoms with Crippen LogP contribution in [0.5, 0.6) is 5.75 Å². The molecule has 2 rings (SSSR count). The minimum absolute atomic E-state index is 0.0721. The summed E-state index contributed by atoms with van der Waals surface area (Å²) in [6.07, 6.45) is 2.49. The molecular weight excluding hydrogens is 238 g/mol. The topological polar surface area (TPSA) is 29.5 Å². The van der Waals surface area contributed by atoms with Crippen molar-refractivity contribution in [2.24, 2.45) is 5.92 Å². The van der Waals surface area contributed by atoms with E-state index in [4.69, 9.17) is 9.84 Å². The van der Waals surface area contributed by atoms with Gasteiger partial charge in [-0.1, -0.05) is 13.3 Å². The lowest BCUT2D eigenvalue weighted by Crippen LogP contribution is -2.02. The molecular formula is C14H18F2O2. The molecule has 0 bridgehead atoms. The summed E-state index contributed by atoms with van der Waals surface area (Å²) in [6.45, 7) is 2.39. The van der Waals surface area contributed by atoms with E-state index in [2.05, 4.69) is 0 Å². The fourth-order valence-corrected chi connectivity index (χ4v) is 2.11. The van der Waals surface area contributed by atoms with E-state index in [0.717, 1.165) is 19.3 Å². The molecule has 1 aliphatic carbocycles. The summed E-state index contributed by atoms with van der Waals surface area (Å²) in [4.78, 5) is 0. The van der Waals surface area contributed by atoms with Gasteiger partial charge in [0.15, 0.2) is 17.4 Å². The summed E-state index contributed by atoms with van der Waals surface area (Å²) in [5.74, 6) is -1.35. The molecule has 0 aromatic heterocycles. The molecule has 0 spiro atoms. The van der Waals surface area contributed by atoms with Crippen LogP contribution >= 0.6 is 0 Å². The highest BCUT2D eigenvalue weighted by molar-refractivity contribution is 5.35. The van der Waals surface area contributed by atoms with Crippen LogP contribution in [0, 0.1) is 17.6 Å². The van der Waals surface area contributed by atoms with Crippen LogP contribution in [0.2, 0.25) is 0 Å². The Morgan fingerprint density at radius 1 is 1.33 bits per heavy atom. The van der Waals surface area contributed by atoms with Gasteiger partial charge in [-0.15, -0.1) is 0 Å². The lowest BCUT2D eigenvalue weighted by Gasteiger charge is -2.09. The van der Waals surface area contributed by atoms with Crippen LogP contribution in [-0.2, 0) is 0 Å².